The number of carboxylic acids is 1. The van der Waals surface area contributed by atoms with E-state index < -0.39 is 12.0 Å². The third-order valence-electron chi connectivity index (χ3n) is 7.58. The van der Waals surface area contributed by atoms with Crippen LogP contribution in [0, 0.1) is 34.5 Å². The molecule has 3 heteroatoms. The molecule has 3 rings (SSSR count). The minimum atomic E-state index is -0.858. The van der Waals surface area contributed by atoms with Crippen molar-refractivity contribution in [3.8, 4) is 0 Å². The first kappa shape index (κ1) is 30.4. The standard InChI is InChI=1S/C13H23NO2.C11H22.2C2H6/c1-9-4-5-13(6-9)7-10(8-13)2-3-11(14)12(15)16;1-9(2)7-11(4)6-5-10(3)8-11;2*1-2/h9-11H,2-8,14H2,1H3,(H,15,16);9-10H,5-8H2,1-4H3;2*1-2H3. The van der Waals surface area contributed by atoms with E-state index in [0.29, 0.717) is 17.3 Å². The fourth-order valence-corrected chi connectivity index (χ4v) is 6.59. The predicted octanol–water partition coefficient (Wildman–Crippen LogP) is 8.31. The first-order chi connectivity index (χ1) is 14.5. The maximum atomic E-state index is 10.6. The summed E-state index contributed by atoms with van der Waals surface area (Å²) in [5.74, 6) is 2.66. The number of carboxylic acid groups (broad SMARTS) is 1. The second-order valence-electron chi connectivity index (χ2n) is 11.4. The van der Waals surface area contributed by atoms with Gasteiger partial charge in [-0.3, -0.25) is 4.79 Å². The molecular weight excluding hydrogens is 382 g/mol. The molecule has 3 N–H and O–H groups in total. The zero-order valence-corrected chi connectivity index (χ0v) is 22.6. The highest BCUT2D eigenvalue weighted by molar-refractivity contribution is 5.72. The molecule has 0 amide bonds. The summed E-state index contributed by atoms with van der Waals surface area (Å²) in [5, 5.41) is 8.70. The van der Waals surface area contributed by atoms with Gasteiger partial charge >= 0.3 is 5.97 Å². The van der Waals surface area contributed by atoms with E-state index in [9.17, 15) is 4.79 Å². The van der Waals surface area contributed by atoms with E-state index in [1.54, 1.807) is 0 Å². The molecular formula is C28H57NO2. The van der Waals surface area contributed by atoms with Gasteiger partial charge in [-0.2, -0.15) is 0 Å². The van der Waals surface area contributed by atoms with Gasteiger partial charge in [0.15, 0.2) is 0 Å². The van der Waals surface area contributed by atoms with Gasteiger partial charge in [-0.25, -0.2) is 0 Å². The van der Waals surface area contributed by atoms with Gasteiger partial charge in [-0.15, -0.1) is 0 Å². The smallest absolute Gasteiger partial charge is 0.320 e. The summed E-state index contributed by atoms with van der Waals surface area (Å²) >= 11 is 0. The maximum absolute atomic E-state index is 10.6. The van der Waals surface area contributed by atoms with Crippen LogP contribution in [-0.4, -0.2) is 17.1 Å². The highest BCUT2D eigenvalue weighted by Crippen LogP contribution is 2.58. The van der Waals surface area contributed by atoms with Crippen LogP contribution in [0.15, 0.2) is 0 Å². The second kappa shape index (κ2) is 14.6. The molecule has 0 radical (unpaired) electrons. The van der Waals surface area contributed by atoms with Crippen molar-refractivity contribution >= 4 is 5.97 Å². The summed E-state index contributed by atoms with van der Waals surface area (Å²) in [5.41, 5.74) is 6.85. The molecule has 186 valence electrons. The second-order valence-corrected chi connectivity index (χ2v) is 11.4. The number of hydrogen-bond acceptors (Lipinski definition) is 2. The quantitative estimate of drug-likeness (QED) is 0.437. The van der Waals surface area contributed by atoms with Crippen LogP contribution in [0.25, 0.3) is 0 Å². The number of aliphatic carboxylic acids is 1. The van der Waals surface area contributed by atoms with E-state index in [1.165, 1.54) is 57.8 Å². The Kier molecular flexibility index (Phi) is 14.3. The zero-order valence-electron chi connectivity index (χ0n) is 22.6. The molecule has 3 nitrogen and oxygen atoms in total. The van der Waals surface area contributed by atoms with Crippen LogP contribution in [0.3, 0.4) is 0 Å². The Morgan fingerprint density at radius 1 is 0.968 bits per heavy atom. The van der Waals surface area contributed by atoms with Crippen LogP contribution in [0.5, 0.6) is 0 Å². The van der Waals surface area contributed by atoms with Crippen LogP contribution in [0.1, 0.15) is 133 Å². The van der Waals surface area contributed by atoms with Crippen LogP contribution in [0.2, 0.25) is 0 Å². The summed E-state index contributed by atoms with van der Waals surface area (Å²) < 4.78 is 0. The Balaban J connectivity index is 0.000000526. The lowest BCUT2D eigenvalue weighted by atomic mass is 9.59. The van der Waals surface area contributed by atoms with E-state index in [2.05, 4.69) is 34.6 Å². The molecule has 0 bridgehead atoms. The van der Waals surface area contributed by atoms with Gasteiger partial charge < -0.3 is 10.8 Å². The van der Waals surface area contributed by atoms with E-state index in [4.69, 9.17) is 10.8 Å². The molecule has 3 saturated carbocycles. The summed E-state index contributed by atoms with van der Waals surface area (Å²) in [6.07, 6.45) is 14.3. The van der Waals surface area contributed by atoms with Gasteiger partial charge in [0.2, 0.25) is 0 Å². The van der Waals surface area contributed by atoms with Crippen molar-refractivity contribution in [1.29, 1.82) is 0 Å². The number of carbonyl (C=O) groups is 1. The Morgan fingerprint density at radius 2 is 1.48 bits per heavy atom. The first-order valence-corrected chi connectivity index (χ1v) is 13.5. The normalized spacial score (nSPS) is 34.5. The number of hydrogen-bond donors (Lipinski definition) is 2. The lowest BCUT2D eigenvalue weighted by molar-refractivity contribution is -0.138. The predicted molar refractivity (Wildman–Crippen MR) is 136 cm³/mol. The molecule has 4 atom stereocenters. The lowest BCUT2D eigenvalue weighted by Gasteiger charge is -2.46. The van der Waals surface area contributed by atoms with E-state index in [0.717, 1.165) is 30.1 Å². The van der Waals surface area contributed by atoms with Crippen LogP contribution in [0.4, 0.5) is 0 Å². The van der Waals surface area contributed by atoms with Crippen molar-refractivity contribution in [2.45, 2.75) is 139 Å². The van der Waals surface area contributed by atoms with Crippen molar-refractivity contribution in [3.05, 3.63) is 0 Å². The van der Waals surface area contributed by atoms with E-state index in [-0.39, 0.29) is 0 Å². The SMILES string of the molecule is CC.CC.CC(C)CC1(C)CCC(C)C1.CC1CCC2(C1)CC(CCC(N)C(=O)O)C2. The van der Waals surface area contributed by atoms with Crippen molar-refractivity contribution in [3.63, 3.8) is 0 Å². The maximum Gasteiger partial charge on any atom is 0.320 e. The Hall–Kier alpha value is -0.570. The fourth-order valence-electron chi connectivity index (χ4n) is 6.59. The molecule has 31 heavy (non-hydrogen) atoms. The molecule has 0 aromatic carbocycles. The van der Waals surface area contributed by atoms with Gasteiger partial charge in [-0.05, 0) is 92.3 Å². The summed E-state index contributed by atoms with van der Waals surface area (Å²) in [6.45, 7) is 19.9. The molecule has 0 aromatic heterocycles. The van der Waals surface area contributed by atoms with Gasteiger partial charge in [0, 0.05) is 0 Å². The van der Waals surface area contributed by atoms with E-state index in [1.807, 2.05) is 27.7 Å². The van der Waals surface area contributed by atoms with Crippen molar-refractivity contribution < 1.29 is 9.90 Å². The molecule has 0 aliphatic heterocycles. The van der Waals surface area contributed by atoms with Crippen molar-refractivity contribution in [2.75, 3.05) is 0 Å². The topological polar surface area (TPSA) is 63.3 Å². The molecule has 0 heterocycles. The van der Waals surface area contributed by atoms with Gasteiger partial charge in [0.05, 0.1) is 0 Å². The minimum Gasteiger partial charge on any atom is -0.480 e. The highest BCUT2D eigenvalue weighted by Gasteiger charge is 2.47. The molecule has 3 aliphatic carbocycles. The Labute approximate surface area is 195 Å². The van der Waals surface area contributed by atoms with Crippen LogP contribution >= 0.6 is 0 Å². The third kappa shape index (κ3) is 10.7. The van der Waals surface area contributed by atoms with Crippen LogP contribution < -0.4 is 5.73 Å². The monoisotopic (exact) mass is 439 g/mol. The van der Waals surface area contributed by atoms with Gasteiger partial charge in [0.1, 0.15) is 6.04 Å². The minimum absolute atomic E-state index is 0.644. The average molecular weight is 440 g/mol. The number of rotatable bonds is 6. The lowest BCUT2D eigenvalue weighted by Crippen LogP contribution is -2.37. The van der Waals surface area contributed by atoms with Gasteiger partial charge in [-0.1, -0.05) is 75.2 Å². The third-order valence-corrected chi connectivity index (χ3v) is 7.58. The van der Waals surface area contributed by atoms with Crippen molar-refractivity contribution in [1.82, 2.24) is 0 Å². The van der Waals surface area contributed by atoms with Gasteiger partial charge in [0.25, 0.3) is 0 Å². The van der Waals surface area contributed by atoms with Crippen LogP contribution in [-0.2, 0) is 4.79 Å². The number of nitrogens with two attached hydrogens (primary N) is 1. The Bertz CT molecular complexity index is 483. The molecule has 0 aromatic rings. The first-order valence-electron chi connectivity index (χ1n) is 13.5. The largest absolute Gasteiger partial charge is 0.480 e. The molecule has 1 spiro atoms. The fraction of sp³-hybridized carbons (Fsp3) is 0.964. The average Bonchev–Trinajstić information content (AvgIpc) is 3.24. The zero-order chi connectivity index (χ0) is 24.2. The molecule has 3 fully saturated rings. The molecule has 0 saturated heterocycles. The van der Waals surface area contributed by atoms with Crippen molar-refractivity contribution in [2.24, 2.45) is 40.2 Å². The summed E-state index contributed by atoms with van der Waals surface area (Å²) in [7, 11) is 0. The highest BCUT2D eigenvalue weighted by atomic mass is 16.4. The molecule has 3 aliphatic rings. The Morgan fingerprint density at radius 3 is 1.87 bits per heavy atom. The summed E-state index contributed by atoms with van der Waals surface area (Å²) in [6, 6.07) is -0.654. The van der Waals surface area contributed by atoms with E-state index >= 15 is 0 Å². The molecule has 4 unspecified atom stereocenters. The summed E-state index contributed by atoms with van der Waals surface area (Å²) in [4.78, 5) is 10.6.